The van der Waals surface area contributed by atoms with Gasteiger partial charge in [0.2, 0.25) is 0 Å². The second kappa shape index (κ2) is 3.10. The van der Waals surface area contributed by atoms with Crippen molar-refractivity contribution in [2.45, 2.75) is 0 Å². The van der Waals surface area contributed by atoms with Crippen molar-refractivity contribution in [2.24, 2.45) is 0 Å². The summed E-state index contributed by atoms with van der Waals surface area (Å²) in [5.74, 6) is -0.258. The minimum Gasteiger partial charge on any atom is -0.398 e. The Morgan fingerprint density at radius 3 is 2.85 bits per heavy atom. The van der Waals surface area contributed by atoms with E-state index in [-0.39, 0.29) is 5.82 Å². The average Bonchev–Trinajstić information content (AvgIpc) is 2.12. The van der Waals surface area contributed by atoms with Gasteiger partial charge in [-0.25, -0.2) is 4.39 Å². The second-order valence-corrected chi connectivity index (χ2v) is 3.74. The summed E-state index contributed by atoms with van der Waals surface area (Å²) in [5, 5.41) is 0.799. The van der Waals surface area contributed by atoms with E-state index in [2.05, 4.69) is 4.98 Å². The van der Waals surface area contributed by atoms with Crippen LogP contribution in [-0.4, -0.2) is 4.98 Å². The maximum Gasteiger partial charge on any atom is 0.138 e. The largest absolute Gasteiger partial charge is 0.398 e. The number of hydrogen-bond acceptors (Lipinski definition) is 2. The highest BCUT2D eigenvalue weighted by molar-refractivity contribution is 14.1. The van der Waals surface area contributed by atoms with Crippen LogP contribution in [0.15, 0.2) is 24.4 Å². The number of nitrogen functional groups attached to an aromatic ring is 1. The fourth-order valence-corrected chi connectivity index (χ4v) is 1.79. The van der Waals surface area contributed by atoms with Gasteiger partial charge in [-0.1, -0.05) is 0 Å². The lowest BCUT2D eigenvalue weighted by Gasteiger charge is -2.02. The lowest BCUT2D eigenvalue weighted by atomic mass is 10.2. The minimum absolute atomic E-state index is 0.258. The van der Waals surface area contributed by atoms with Crippen molar-refractivity contribution in [1.82, 2.24) is 4.98 Å². The van der Waals surface area contributed by atoms with Gasteiger partial charge in [-0.3, -0.25) is 4.98 Å². The van der Waals surface area contributed by atoms with Crippen LogP contribution in [0.4, 0.5) is 10.1 Å². The van der Waals surface area contributed by atoms with Crippen LogP contribution in [0.1, 0.15) is 0 Å². The first-order valence-corrected chi connectivity index (χ1v) is 4.76. The van der Waals surface area contributed by atoms with Crippen LogP contribution in [0.2, 0.25) is 0 Å². The molecule has 4 heteroatoms. The Hall–Kier alpha value is -0.910. The van der Waals surface area contributed by atoms with Gasteiger partial charge in [0.25, 0.3) is 0 Å². The molecule has 0 aliphatic heterocycles. The summed E-state index contributed by atoms with van der Waals surface area (Å²) in [6, 6.07) is 4.76. The van der Waals surface area contributed by atoms with E-state index in [0.29, 0.717) is 14.8 Å². The number of pyridine rings is 1. The van der Waals surface area contributed by atoms with Crippen molar-refractivity contribution in [3.8, 4) is 0 Å². The van der Waals surface area contributed by atoms with E-state index in [1.807, 2.05) is 22.6 Å². The summed E-state index contributed by atoms with van der Waals surface area (Å²) in [4.78, 5) is 4.07. The van der Waals surface area contributed by atoms with Gasteiger partial charge in [0.1, 0.15) is 5.82 Å². The van der Waals surface area contributed by atoms with Gasteiger partial charge in [-0.05, 0) is 40.8 Å². The molecule has 2 N–H and O–H groups in total. The first-order chi connectivity index (χ1) is 6.20. The van der Waals surface area contributed by atoms with Gasteiger partial charge in [-0.15, -0.1) is 0 Å². The van der Waals surface area contributed by atoms with E-state index in [9.17, 15) is 4.39 Å². The van der Waals surface area contributed by atoms with E-state index in [1.54, 1.807) is 18.3 Å². The van der Waals surface area contributed by atoms with Crippen LogP contribution in [-0.2, 0) is 0 Å². The Morgan fingerprint density at radius 1 is 1.31 bits per heavy atom. The molecule has 1 heterocycles. The van der Waals surface area contributed by atoms with Crippen molar-refractivity contribution >= 4 is 39.2 Å². The fourth-order valence-electron chi connectivity index (χ4n) is 1.18. The summed E-state index contributed by atoms with van der Waals surface area (Å²) in [7, 11) is 0. The summed E-state index contributed by atoms with van der Waals surface area (Å²) in [6.07, 6.45) is 1.58. The van der Waals surface area contributed by atoms with E-state index < -0.39 is 0 Å². The van der Waals surface area contributed by atoms with E-state index in [4.69, 9.17) is 5.73 Å². The zero-order valence-corrected chi connectivity index (χ0v) is 8.75. The molecule has 0 unspecified atom stereocenters. The maximum absolute atomic E-state index is 13.1. The van der Waals surface area contributed by atoms with Crippen molar-refractivity contribution in [2.75, 3.05) is 5.73 Å². The standard InChI is InChI=1S/C9H6FIN2/c10-6-2-1-5-7(12)3-4-13-9(5)8(6)11/h1-4H,(H2,12,13). The number of nitrogens with zero attached hydrogens (tertiary/aromatic N) is 1. The van der Waals surface area contributed by atoms with Crippen LogP contribution in [0, 0.1) is 9.39 Å². The predicted octanol–water partition coefficient (Wildman–Crippen LogP) is 2.56. The van der Waals surface area contributed by atoms with Crippen LogP contribution in [0.3, 0.4) is 0 Å². The predicted molar refractivity (Wildman–Crippen MR) is 58.8 cm³/mol. The maximum atomic E-state index is 13.1. The van der Waals surface area contributed by atoms with Crippen molar-refractivity contribution in [3.05, 3.63) is 33.8 Å². The molecule has 0 bridgehead atoms. The number of aromatic nitrogens is 1. The van der Waals surface area contributed by atoms with Crippen LogP contribution in [0.5, 0.6) is 0 Å². The third-order valence-electron chi connectivity index (χ3n) is 1.84. The molecule has 0 spiro atoms. The highest BCUT2D eigenvalue weighted by atomic mass is 127. The number of benzene rings is 1. The normalized spacial score (nSPS) is 10.6. The third-order valence-corrected chi connectivity index (χ3v) is 2.86. The quantitative estimate of drug-likeness (QED) is 0.757. The first-order valence-electron chi connectivity index (χ1n) is 3.68. The molecule has 0 aliphatic carbocycles. The molecule has 0 fully saturated rings. The molecule has 2 aromatic rings. The molecular weight excluding hydrogens is 282 g/mol. The Balaban J connectivity index is 2.94. The topological polar surface area (TPSA) is 38.9 Å². The summed E-state index contributed by atoms with van der Waals surface area (Å²) < 4.78 is 13.6. The van der Waals surface area contributed by atoms with Gasteiger partial charge in [0.05, 0.1) is 9.09 Å². The van der Waals surface area contributed by atoms with Crippen molar-refractivity contribution in [1.29, 1.82) is 0 Å². The number of fused-ring (bicyclic) bond motifs is 1. The van der Waals surface area contributed by atoms with Crippen LogP contribution >= 0.6 is 22.6 Å². The Bertz CT molecular complexity index is 470. The SMILES string of the molecule is Nc1ccnc2c(I)c(F)ccc12. The molecule has 0 saturated heterocycles. The summed E-state index contributed by atoms with van der Waals surface area (Å²) in [5.41, 5.74) is 6.96. The molecule has 13 heavy (non-hydrogen) atoms. The van der Waals surface area contributed by atoms with Crippen molar-refractivity contribution in [3.63, 3.8) is 0 Å². The molecule has 0 aliphatic rings. The zero-order valence-electron chi connectivity index (χ0n) is 6.59. The first kappa shape index (κ1) is 8.68. The Morgan fingerprint density at radius 2 is 2.08 bits per heavy atom. The summed E-state index contributed by atoms with van der Waals surface area (Å²) in [6.45, 7) is 0. The number of rotatable bonds is 0. The van der Waals surface area contributed by atoms with E-state index >= 15 is 0 Å². The number of anilines is 1. The summed E-state index contributed by atoms with van der Waals surface area (Å²) >= 11 is 1.93. The Kier molecular flexibility index (Phi) is 2.07. The molecule has 0 atom stereocenters. The Labute approximate surface area is 88.1 Å². The molecule has 2 rings (SSSR count). The molecule has 2 nitrogen and oxygen atoms in total. The van der Waals surface area contributed by atoms with Gasteiger partial charge >= 0.3 is 0 Å². The number of hydrogen-bond donors (Lipinski definition) is 1. The van der Waals surface area contributed by atoms with Gasteiger partial charge in [-0.2, -0.15) is 0 Å². The molecule has 1 aromatic heterocycles. The lowest BCUT2D eigenvalue weighted by Crippen LogP contribution is -1.92. The number of nitrogens with two attached hydrogens (primary N) is 1. The monoisotopic (exact) mass is 288 g/mol. The molecular formula is C9H6FIN2. The third kappa shape index (κ3) is 1.35. The molecule has 0 radical (unpaired) electrons. The van der Waals surface area contributed by atoms with Crippen LogP contribution in [0.25, 0.3) is 10.9 Å². The van der Waals surface area contributed by atoms with Gasteiger partial charge in [0.15, 0.2) is 0 Å². The smallest absolute Gasteiger partial charge is 0.138 e. The molecule has 0 amide bonds. The second-order valence-electron chi connectivity index (χ2n) is 2.66. The zero-order chi connectivity index (χ0) is 9.42. The van der Waals surface area contributed by atoms with E-state index in [0.717, 1.165) is 5.39 Å². The van der Waals surface area contributed by atoms with E-state index in [1.165, 1.54) is 6.07 Å². The number of halogens is 2. The van der Waals surface area contributed by atoms with Crippen molar-refractivity contribution < 1.29 is 4.39 Å². The van der Waals surface area contributed by atoms with Crippen LogP contribution < -0.4 is 5.73 Å². The highest BCUT2D eigenvalue weighted by Crippen LogP contribution is 2.24. The molecule has 1 aromatic carbocycles. The molecule has 0 saturated carbocycles. The highest BCUT2D eigenvalue weighted by Gasteiger charge is 2.06. The average molecular weight is 288 g/mol. The fraction of sp³-hybridized carbons (Fsp3) is 0. The van der Waals surface area contributed by atoms with Gasteiger partial charge < -0.3 is 5.73 Å². The molecule has 66 valence electrons. The minimum atomic E-state index is -0.258. The van der Waals surface area contributed by atoms with Gasteiger partial charge in [0, 0.05) is 17.3 Å². The lowest BCUT2D eigenvalue weighted by molar-refractivity contribution is 0.622.